The van der Waals surface area contributed by atoms with Gasteiger partial charge in [0.15, 0.2) is 9.84 Å². The average Bonchev–Trinajstić information content (AvgIpc) is 2.90. The first-order valence-corrected chi connectivity index (χ1v) is 9.34. The van der Waals surface area contributed by atoms with Gasteiger partial charge < -0.3 is 4.57 Å². The molecule has 1 aliphatic heterocycles. The molecule has 0 radical (unpaired) electrons. The number of aromatic nitrogens is 1. The van der Waals surface area contributed by atoms with Crippen molar-refractivity contribution in [1.29, 1.82) is 0 Å². The van der Waals surface area contributed by atoms with Gasteiger partial charge in [-0.1, -0.05) is 36.4 Å². The number of sulfone groups is 1. The van der Waals surface area contributed by atoms with E-state index in [0.29, 0.717) is 18.5 Å². The maximum atomic E-state index is 12.3. The second-order valence-electron chi connectivity index (χ2n) is 5.72. The third kappa shape index (κ3) is 3.96. The molecule has 23 heavy (non-hydrogen) atoms. The quantitative estimate of drug-likeness (QED) is 0.854. The van der Waals surface area contributed by atoms with E-state index in [0.717, 1.165) is 5.56 Å². The molecular weight excluding hydrogens is 312 g/mol. The van der Waals surface area contributed by atoms with Crippen molar-refractivity contribution in [1.82, 2.24) is 4.57 Å². The number of pyridine rings is 1. The molecule has 1 atom stereocenters. The van der Waals surface area contributed by atoms with E-state index in [1.165, 1.54) is 0 Å². The summed E-state index contributed by atoms with van der Waals surface area (Å²) in [6.45, 7) is 0.608. The Kier molecular flexibility index (Phi) is 4.43. The Balaban J connectivity index is 1.86. The van der Waals surface area contributed by atoms with E-state index in [4.69, 9.17) is 0 Å². The van der Waals surface area contributed by atoms with Gasteiger partial charge in [-0.15, -0.1) is 0 Å². The molecule has 0 unspecified atom stereocenters. The highest BCUT2D eigenvalue weighted by atomic mass is 32.2. The summed E-state index contributed by atoms with van der Waals surface area (Å²) < 4.78 is 24.9. The van der Waals surface area contributed by atoms with Crippen LogP contribution in [0.1, 0.15) is 12.0 Å². The van der Waals surface area contributed by atoms with Crippen molar-refractivity contribution in [2.75, 3.05) is 11.5 Å². The molecule has 0 saturated carbocycles. The lowest BCUT2D eigenvalue weighted by Crippen LogP contribution is -2.24. The van der Waals surface area contributed by atoms with Crippen LogP contribution in [0.15, 0.2) is 59.7 Å². The highest BCUT2D eigenvalue weighted by Crippen LogP contribution is 2.19. The monoisotopic (exact) mass is 330 g/mol. The fourth-order valence-corrected chi connectivity index (χ4v) is 4.41. The molecule has 0 aliphatic carbocycles. The maximum absolute atomic E-state index is 12.3. The molecule has 3 rings (SSSR count). The molecule has 1 aromatic carbocycles. The second-order valence-corrected chi connectivity index (χ2v) is 7.95. The lowest BCUT2D eigenvalue weighted by Gasteiger charge is -2.08. The van der Waals surface area contributed by atoms with Crippen LogP contribution in [-0.4, -0.2) is 30.4 Å². The van der Waals surface area contributed by atoms with Gasteiger partial charge >= 0.3 is 0 Å². The number of nitrogens with zero attached hydrogens (tertiary/aromatic N) is 2. The van der Waals surface area contributed by atoms with Gasteiger partial charge in [0.25, 0.3) is 5.91 Å². The molecule has 1 aromatic heterocycles. The highest BCUT2D eigenvalue weighted by Gasteiger charge is 2.32. The zero-order valence-electron chi connectivity index (χ0n) is 12.6. The van der Waals surface area contributed by atoms with Crippen LogP contribution in [0.25, 0.3) is 0 Å². The fraction of sp³-hybridized carbons (Fsp3) is 0.294. The SMILES string of the molecule is O=C(N=c1ccccn1Cc1ccccc1)[C@@H]1CCS(=O)(=O)C1. The van der Waals surface area contributed by atoms with Crippen molar-refractivity contribution < 1.29 is 13.2 Å². The molecule has 1 fully saturated rings. The third-order valence-electron chi connectivity index (χ3n) is 3.92. The molecule has 0 N–H and O–H groups in total. The molecule has 5 nitrogen and oxygen atoms in total. The summed E-state index contributed by atoms with van der Waals surface area (Å²) in [6.07, 6.45) is 2.24. The van der Waals surface area contributed by atoms with Gasteiger partial charge in [-0.3, -0.25) is 4.79 Å². The first-order chi connectivity index (χ1) is 11.0. The fourth-order valence-electron chi connectivity index (χ4n) is 2.68. The van der Waals surface area contributed by atoms with E-state index < -0.39 is 15.8 Å². The van der Waals surface area contributed by atoms with Crippen LogP contribution in [-0.2, 0) is 21.2 Å². The van der Waals surface area contributed by atoms with Gasteiger partial charge in [0.2, 0.25) is 0 Å². The summed E-state index contributed by atoms with van der Waals surface area (Å²) in [4.78, 5) is 16.4. The van der Waals surface area contributed by atoms with Gasteiger partial charge in [0.05, 0.1) is 17.4 Å². The summed E-state index contributed by atoms with van der Waals surface area (Å²) in [5, 5.41) is 0. The van der Waals surface area contributed by atoms with E-state index in [1.54, 1.807) is 6.07 Å². The summed E-state index contributed by atoms with van der Waals surface area (Å²) in [5.74, 6) is -0.858. The van der Waals surface area contributed by atoms with Crippen molar-refractivity contribution in [3.63, 3.8) is 0 Å². The minimum atomic E-state index is -3.08. The molecule has 2 aromatic rings. The zero-order chi connectivity index (χ0) is 16.3. The number of hydrogen-bond donors (Lipinski definition) is 0. The van der Waals surface area contributed by atoms with Gasteiger partial charge in [-0.05, 0) is 24.1 Å². The molecule has 0 bridgehead atoms. The number of rotatable bonds is 3. The Morgan fingerprint density at radius 1 is 1.13 bits per heavy atom. The standard InChI is InChI=1S/C17H18N2O3S/c20-17(15-9-11-23(21,22)13-15)18-16-8-4-5-10-19(16)12-14-6-2-1-3-7-14/h1-8,10,15H,9,11-13H2/t15-/m1/s1. The third-order valence-corrected chi connectivity index (χ3v) is 5.69. The summed E-state index contributed by atoms with van der Waals surface area (Å²) in [7, 11) is -3.08. The van der Waals surface area contributed by atoms with Crippen LogP contribution in [0, 0.1) is 5.92 Å². The molecular formula is C17H18N2O3S. The topological polar surface area (TPSA) is 68.5 Å². The largest absolute Gasteiger partial charge is 0.328 e. The minimum absolute atomic E-state index is 0.0811. The van der Waals surface area contributed by atoms with Crippen LogP contribution >= 0.6 is 0 Å². The van der Waals surface area contributed by atoms with Crippen molar-refractivity contribution in [3.05, 3.63) is 65.8 Å². The normalized spacial score (nSPS) is 20.5. The van der Waals surface area contributed by atoms with Crippen molar-refractivity contribution in [2.45, 2.75) is 13.0 Å². The predicted molar refractivity (Wildman–Crippen MR) is 87.3 cm³/mol. The van der Waals surface area contributed by atoms with Crippen molar-refractivity contribution in [3.8, 4) is 0 Å². The molecule has 0 spiro atoms. The highest BCUT2D eigenvalue weighted by molar-refractivity contribution is 7.91. The van der Waals surface area contributed by atoms with E-state index >= 15 is 0 Å². The number of amides is 1. The van der Waals surface area contributed by atoms with Gasteiger partial charge in [0, 0.05) is 12.7 Å². The maximum Gasteiger partial charge on any atom is 0.251 e. The van der Waals surface area contributed by atoms with E-state index in [-0.39, 0.29) is 17.4 Å². The number of benzene rings is 1. The number of carbonyl (C=O) groups is 1. The average molecular weight is 330 g/mol. The Morgan fingerprint density at radius 3 is 2.57 bits per heavy atom. The number of carbonyl (C=O) groups excluding carboxylic acids is 1. The van der Waals surface area contributed by atoms with E-state index in [1.807, 2.05) is 53.2 Å². The van der Waals surface area contributed by atoms with Crippen molar-refractivity contribution >= 4 is 15.7 Å². The zero-order valence-corrected chi connectivity index (χ0v) is 13.4. The molecule has 1 aliphatic rings. The lowest BCUT2D eigenvalue weighted by molar-refractivity contribution is -0.121. The smallest absolute Gasteiger partial charge is 0.251 e. The Labute approximate surface area is 135 Å². The molecule has 6 heteroatoms. The van der Waals surface area contributed by atoms with E-state index in [2.05, 4.69) is 4.99 Å². The molecule has 1 saturated heterocycles. The molecule has 120 valence electrons. The van der Waals surface area contributed by atoms with Crippen LogP contribution in [0.5, 0.6) is 0 Å². The van der Waals surface area contributed by atoms with Crippen molar-refractivity contribution in [2.24, 2.45) is 10.9 Å². The second kappa shape index (κ2) is 6.50. The first-order valence-electron chi connectivity index (χ1n) is 7.52. The number of hydrogen-bond acceptors (Lipinski definition) is 3. The minimum Gasteiger partial charge on any atom is -0.328 e. The molecule has 2 heterocycles. The van der Waals surface area contributed by atoms with Crippen LogP contribution < -0.4 is 5.49 Å². The van der Waals surface area contributed by atoms with Gasteiger partial charge in [0.1, 0.15) is 5.49 Å². The predicted octanol–water partition coefficient (Wildman–Crippen LogP) is 1.40. The van der Waals surface area contributed by atoms with Crippen LogP contribution in [0.2, 0.25) is 0 Å². The summed E-state index contributed by atoms with van der Waals surface area (Å²) in [6, 6.07) is 15.4. The van der Waals surface area contributed by atoms with E-state index in [9.17, 15) is 13.2 Å². The Morgan fingerprint density at radius 2 is 1.87 bits per heavy atom. The molecule has 1 amide bonds. The van der Waals surface area contributed by atoms with Gasteiger partial charge in [-0.25, -0.2) is 8.42 Å². The van der Waals surface area contributed by atoms with Crippen LogP contribution in [0.4, 0.5) is 0 Å². The Bertz CT molecular complexity index is 870. The Hall–Kier alpha value is -2.21. The summed E-state index contributed by atoms with van der Waals surface area (Å²) >= 11 is 0. The van der Waals surface area contributed by atoms with Crippen LogP contribution in [0.3, 0.4) is 0 Å². The first kappa shape index (κ1) is 15.7. The lowest BCUT2D eigenvalue weighted by atomic mass is 10.1. The van der Waals surface area contributed by atoms with Gasteiger partial charge in [-0.2, -0.15) is 4.99 Å². The summed E-state index contributed by atoms with van der Waals surface area (Å²) in [5.41, 5.74) is 1.65.